The third-order valence-electron chi connectivity index (χ3n) is 4.81. The molecule has 0 fully saturated rings. The smallest absolute Gasteiger partial charge is 0.176 e. The third-order valence-corrected chi connectivity index (χ3v) is 5.69. The van der Waals surface area contributed by atoms with Crippen LogP contribution in [0.4, 0.5) is 0 Å². The maximum atomic E-state index is 12.8. The van der Waals surface area contributed by atoms with Crippen LogP contribution in [0.15, 0.2) is 53.9 Å². The Morgan fingerprint density at radius 1 is 1.23 bits per heavy atom. The molecule has 0 saturated heterocycles. The second-order valence-corrected chi connectivity index (χ2v) is 7.44. The van der Waals surface area contributed by atoms with Crippen LogP contribution in [0.25, 0.3) is 16.8 Å². The molecule has 0 bridgehead atoms. The lowest BCUT2D eigenvalue weighted by atomic mass is 9.93. The molecule has 0 aliphatic carbocycles. The maximum Gasteiger partial charge on any atom is 0.176 e. The highest BCUT2D eigenvalue weighted by molar-refractivity contribution is 7.11. The second kappa shape index (κ2) is 8.39. The number of carbonyl (C=O) groups excluding carboxylic acids is 1. The van der Waals surface area contributed by atoms with Gasteiger partial charge in [0.15, 0.2) is 17.3 Å². The van der Waals surface area contributed by atoms with E-state index in [2.05, 4.69) is 11.1 Å². The number of methoxy groups -OCH3 is 2. The van der Waals surface area contributed by atoms with Crippen LogP contribution in [-0.4, -0.2) is 31.6 Å². The monoisotopic (exact) mass is 418 g/mol. The van der Waals surface area contributed by atoms with Crippen molar-refractivity contribution in [1.29, 1.82) is 5.26 Å². The van der Waals surface area contributed by atoms with Crippen LogP contribution in [0.2, 0.25) is 0 Å². The summed E-state index contributed by atoms with van der Waals surface area (Å²) in [7, 11) is 3.16. The van der Waals surface area contributed by atoms with E-state index in [4.69, 9.17) is 14.2 Å². The van der Waals surface area contributed by atoms with E-state index < -0.39 is 5.92 Å². The number of ether oxygens (including phenoxy) is 3. The van der Waals surface area contributed by atoms with E-state index >= 15 is 0 Å². The van der Waals surface area contributed by atoms with Crippen LogP contribution in [0.1, 0.15) is 15.4 Å². The first-order valence-electron chi connectivity index (χ1n) is 9.21. The van der Waals surface area contributed by atoms with Crippen molar-refractivity contribution in [3.8, 4) is 34.6 Å². The van der Waals surface area contributed by atoms with Gasteiger partial charge < -0.3 is 14.2 Å². The Hall–Kier alpha value is -3.63. The van der Waals surface area contributed by atoms with Crippen molar-refractivity contribution in [2.75, 3.05) is 20.8 Å². The third kappa shape index (κ3) is 3.65. The standard InChI is InChI=1S/C23H18N2O4S/c1-27-20-8-7-14(10-21(20)28-2)18-13-30-23(25-18)15(11-24)9-16-12-29-19-6-4-3-5-17(19)22(16)26/h3-10,13,16H,12H2,1-2H3/b15-9+. The van der Waals surface area contributed by atoms with Crippen molar-refractivity contribution in [3.05, 3.63) is 64.5 Å². The lowest BCUT2D eigenvalue weighted by molar-refractivity contribution is 0.0874. The van der Waals surface area contributed by atoms with Gasteiger partial charge in [0.25, 0.3) is 0 Å². The van der Waals surface area contributed by atoms with Gasteiger partial charge in [0.05, 0.1) is 37.0 Å². The fourth-order valence-electron chi connectivity index (χ4n) is 3.26. The molecule has 0 spiro atoms. The van der Waals surface area contributed by atoms with Crippen molar-refractivity contribution in [3.63, 3.8) is 0 Å². The predicted molar refractivity (Wildman–Crippen MR) is 114 cm³/mol. The molecule has 3 aromatic rings. The maximum absolute atomic E-state index is 12.8. The first-order valence-corrected chi connectivity index (χ1v) is 10.1. The number of nitriles is 1. The van der Waals surface area contributed by atoms with E-state index in [1.807, 2.05) is 29.6 Å². The van der Waals surface area contributed by atoms with Gasteiger partial charge in [-0.3, -0.25) is 4.79 Å². The Bertz CT molecular complexity index is 1180. The topological polar surface area (TPSA) is 81.4 Å². The summed E-state index contributed by atoms with van der Waals surface area (Å²) in [5.41, 5.74) is 2.45. The molecule has 7 heteroatoms. The van der Waals surface area contributed by atoms with E-state index in [-0.39, 0.29) is 12.4 Å². The minimum Gasteiger partial charge on any atom is -0.493 e. The van der Waals surface area contributed by atoms with Crippen LogP contribution in [-0.2, 0) is 0 Å². The zero-order valence-electron chi connectivity index (χ0n) is 16.4. The summed E-state index contributed by atoms with van der Waals surface area (Å²) >= 11 is 1.35. The zero-order chi connectivity index (χ0) is 21.1. The lowest BCUT2D eigenvalue weighted by Gasteiger charge is -2.21. The molecule has 0 saturated carbocycles. The molecule has 0 radical (unpaired) electrons. The number of hydrogen-bond acceptors (Lipinski definition) is 7. The van der Waals surface area contributed by atoms with Gasteiger partial charge in [-0.15, -0.1) is 11.3 Å². The number of hydrogen-bond donors (Lipinski definition) is 0. The van der Waals surface area contributed by atoms with Gasteiger partial charge in [-0.25, -0.2) is 4.98 Å². The van der Waals surface area contributed by atoms with Gasteiger partial charge in [0.2, 0.25) is 0 Å². The van der Waals surface area contributed by atoms with E-state index in [1.165, 1.54) is 11.3 Å². The van der Waals surface area contributed by atoms with E-state index in [1.54, 1.807) is 38.5 Å². The number of allylic oxidation sites excluding steroid dienone is 1. The predicted octanol–water partition coefficient (Wildman–Crippen LogP) is 4.63. The molecule has 1 aliphatic rings. The molecule has 0 amide bonds. The van der Waals surface area contributed by atoms with Crippen molar-refractivity contribution in [2.24, 2.45) is 5.92 Å². The summed E-state index contributed by atoms with van der Waals surface area (Å²) in [6.45, 7) is 0.203. The highest BCUT2D eigenvalue weighted by Crippen LogP contribution is 2.34. The second-order valence-electron chi connectivity index (χ2n) is 6.58. The molecule has 30 heavy (non-hydrogen) atoms. The average Bonchev–Trinajstić information content (AvgIpc) is 3.28. The first kappa shape index (κ1) is 19.7. The normalized spacial score (nSPS) is 15.7. The minimum atomic E-state index is -0.525. The van der Waals surface area contributed by atoms with Gasteiger partial charge in [-0.1, -0.05) is 12.1 Å². The highest BCUT2D eigenvalue weighted by atomic mass is 32.1. The molecule has 2 heterocycles. The molecule has 1 unspecified atom stereocenters. The van der Waals surface area contributed by atoms with Crippen LogP contribution in [0.5, 0.6) is 17.2 Å². The van der Waals surface area contributed by atoms with Gasteiger partial charge in [0.1, 0.15) is 23.4 Å². The summed E-state index contributed by atoms with van der Waals surface area (Å²) in [6, 6.07) is 14.8. The fourth-order valence-corrected chi connectivity index (χ4v) is 4.06. The van der Waals surface area contributed by atoms with Crippen LogP contribution >= 0.6 is 11.3 Å². The van der Waals surface area contributed by atoms with E-state index in [9.17, 15) is 10.1 Å². The molecule has 1 aromatic heterocycles. The number of Topliss-reactive ketones (excluding diaryl/α,β-unsaturated/α-hetero) is 1. The Morgan fingerprint density at radius 3 is 2.80 bits per heavy atom. The quantitative estimate of drug-likeness (QED) is 0.562. The molecular formula is C23H18N2O4S. The zero-order valence-corrected chi connectivity index (χ0v) is 17.2. The van der Waals surface area contributed by atoms with E-state index in [0.717, 1.165) is 5.56 Å². The summed E-state index contributed by atoms with van der Waals surface area (Å²) in [4.78, 5) is 17.4. The summed E-state index contributed by atoms with van der Waals surface area (Å²) < 4.78 is 16.3. The van der Waals surface area contributed by atoms with Crippen molar-refractivity contribution in [2.45, 2.75) is 0 Å². The summed E-state index contributed by atoms with van der Waals surface area (Å²) in [5, 5.41) is 12.1. The number of aromatic nitrogens is 1. The lowest BCUT2D eigenvalue weighted by Crippen LogP contribution is -2.26. The van der Waals surface area contributed by atoms with Crippen molar-refractivity contribution in [1.82, 2.24) is 4.98 Å². The van der Waals surface area contributed by atoms with Crippen molar-refractivity contribution >= 4 is 22.7 Å². The van der Waals surface area contributed by atoms with Crippen LogP contribution < -0.4 is 14.2 Å². The number of para-hydroxylation sites is 1. The first-order chi connectivity index (χ1) is 14.6. The molecule has 1 atom stereocenters. The Morgan fingerprint density at radius 2 is 2.03 bits per heavy atom. The number of ketones is 1. The Balaban J connectivity index is 1.62. The number of carbonyl (C=O) groups is 1. The van der Waals surface area contributed by atoms with Gasteiger partial charge in [-0.05, 0) is 36.4 Å². The number of nitrogens with zero attached hydrogens (tertiary/aromatic N) is 2. The molecule has 1 aliphatic heterocycles. The molecule has 150 valence electrons. The van der Waals surface area contributed by atoms with Gasteiger partial charge in [-0.2, -0.15) is 5.26 Å². The molecular weight excluding hydrogens is 400 g/mol. The number of thiazole rings is 1. The van der Waals surface area contributed by atoms with Crippen LogP contribution in [0, 0.1) is 17.2 Å². The van der Waals surface area contributed by atoms with Gasteiger partial charge >= 0.3 is 0 Å². The number of rotatable bonds is 5. The van der Waals surface area contributed by atoms with Crippen LogP contribution in [0.3, 0.4) is 0 Å². The van der Waals surface area contributed by atoms with Gasteiger partial charge in [0, 0.05) is 10.9 Å². The largest absolute Gasteiger partial charge is 0.493 e. The van der Waals surface area contributed by atoms with E-state index in [0.29, 0.717) is 39.1 Å². The molecule has 4 rings (SSSR count). The summed E-state index contributed by atoms with van der Waals surface area (Å²) in [6.07, 6.45) is 1.65. The Labute approximate surface area is 178 Å². The number of benzene rings is 2. The fraction of sp³-hybridized carbons (Fsp3) is 0.174. The molecule has 6 nitrogen and oxygen atoms in total. The molecule has 0 N–H and O–H groups in total. The number of fused-ring (bicyclic) bond motifs is 1. The summed E-state index contributed by atoms with van der Waals surface area (Å²) in [5.74, 6) is 1.23. The SMILES string of the molecule is COc1ccc(-c2csc(/C(C#N)=C/C3COc4ccccc4C3=O)n2)cc1OC. The minimum absolute atomic E-state index is 0.0544. The average molecular weight is 418 g/mol. The van der Waals surface area contributed by atoms with Crippen molar-refractivity contribution < 1.29 is 19.0 Å². The molecule has 2 aromatic carbocycles. The highest BCUT2D eigenvalue weighted by Gasteiger charge is 2.28. The Kier molecular flexibility index (Phi) is 5.50.